The lowest BCUT2D eigenvalue weighted by Crippen LogP contribution is -1.86. The molecule has 0 amide bonds. The van der Waals surface area contributed by atoms with E-state index in [9.17, 15) is 0 Å². The summed E-state index contributed by atoms with van der Waals surface area (Å²) in [4.78, 5) is 3.23. The smallest absolute Gasteiger partial charge is 0.0610 e. The van der Waals surface area contributed by atoms with E-state index >= 15 is 0 Å². The van der Waals surface area contributed by atoms with Crippen LogP contribution in [0, 0.1) is 5.39 Å². The van der Waals surface area contributed by atoms with Gasteiger partial charge in [0.25, 0.3) is 0 Å². The summed E-state index contributed by atoms with van der Waals surface area (Å²) in [6, 6.07) is 27.3. The van der Waals surface area contributed by atoms with Crippen LogP contribution in [0.1, 0.15) is 0 Å². The molecule has 0 aromatic heterocycles. The normalized spacial score (nSPS) is 11.3. The van der Waals surface area contributed by atoms with Crippen molar-refractivity contribution in [2.45, 2.75) is 0 Å². The second-order valence-electron chi connectivity index (χ2n) is 6.12. The van der Waals surface area contributed by atoms with Gasteiger partial charge in [-0.1, -0.05) is 54.6 Å². The van der Waals surface area contributed by atoms with Crippen molar-refractivity contribution in [1.82, 2.24) is 0 Å². The zero-order chi connectivity index (χ0) is 16.1. The molecule has 0 saturated heterocycles. The third-order valence-corrected chi connectivity index (χ3v) is 4.82. The summed E-state index contributed by atoms with van der Waals surface area (Å²) in [6.45, 7) is 0. The van der Waals surface area contributed by atoms with Gasteiger partial charge >= 0.3 is 5.69 Å². The van der Waals surface area contributed by atoms with Crippen LogP contribution in [0.15, 0.2) is 78.9 Å². The van der Waals surface area contributed by atoms with Crippen LogP contribution in [0.3, 0.4) is 0 Å². The molecule has 24 heavy (non-hydrogen) atoms. The molecule has 0 atom stereocenters. The molecule has 2 nitrogen and oxygen atoms in total. The summed E-state index contributed by atoms with van der Waals surface area (Å²) in [5.74, 6) is 0. The minimum absolute atomic E-state index is 0.566. The Morgan fingerprint density at radius 1 is 0.583 bits per heavy atom. The highest BCUT2D eigenvalue weighted by Crippen LogP contribution is 2.39. The molecule has 0 spiro atoms. The third kappa shape index (κ3) is 1.73. The van der Waals surface area contributed by atoms with Gasteiger partial charge in [0.15, 0.2) is 4.98 Å². The zero-order valence-corrected chi connectivity index (χ0v) is 12.9. The second kappa shape index (κ2) is 4.78. The van der Waals surface area contributed by atoms with E-state index in [-0.39, 0.29) is 0 Å². The molecule has 0 unspecified atom stereocenters. The first-order valence-electron chi connectivity index (χ1n) is 7.97. The number of nitrogens with zero attached hydrogens (tertiary/aromatic N) is 2. The Labute approximate surface area is 138 Å². The van der Waals surface area contributed by atoms with Gasteiger partial charge in [-0.25, -0.2) is 0 Å². The molecule has 0 aliphatic rings. The van der Waals surface area contributed by atoms with E-state index in [1.54, 1.807) is 0 Å². The number of benzene rings is 5. The van der Waals surface area contributed by atoms with Crippen molar-refractivity contribution < 1.29 is 0 Å². The first-order chi connectivity index (χ1) is 11.8. The number of hydrogen-bond acceptors (Lipinski definition) is 1. The van der Waals surface area contributed by atoms with Crippen molar-refractivity contribution in [3.8, 4) is 11.1 Å². The van der Waals surface area contributed by atoms with Crippen molar-refractivity contribution in [1.29, 1.82) is 5.39 Å². The van der Waals surface area contributed by atoms with Gasteiger partial charge in [-0.3, -0.25) is 0 Å². The fourth-order valence-electron chi connectivity index (χ4n) is 3.69. The lowest BCUT2D eigenvalue weighted by molar-refractivity contribution is 1.46. The van der Waals surface area contributed by atoms with Gasteiger partial charge < -0.3 is 0 Å². The summed E-state index contributed by atoms with van der Waals surface area (Å²) < 4.78 is 0. The van der Waals surface area contributed by atoms with Crippen LogP contribution in [0.2, 0.25) is 0 Å². The average molecular weight is 305 g/mol. The van der Waals surface area contributed by atoms with E-state index in [4.69, 9.17) is 5.39 Å². The molecule has 0 aliphatic heterocycles. The molecule has 5 aromatic carbocycles. The Morgan fingerprint density at radius 3 is 1.92 bits per heavy atom. The molecule has 5 rings (SSSR count). The minimum Gasteiger partial charge on any atom is -0.0610 e. The van der Waals surface area contributed by atoms with E-state index in [1.807, 2.05) is 24.3 Å². The van der Waals surface area contributed by atoms with Crippen LogP contribution in [-0.2, 0) is 0 Å². The van der Waals surface area contributed by atoms with Crippen LogP contribution in [0.5, 0.6) is 0 Å². The topological polar surface area (TPSA) is 28.1 Å². The first-order valence-corrected chi connectivity index (χ1v) is 7.97. The summed E-state index contributed by atoms with van der Waals surface area (Å²) in [7, 11) is 0. The summed E-state index contributed by atoms with van der Waals surface area (Å²) in [6.07, 6.45) is 0. The average Bonchev–Trinajstić information content (AvgIpc) is 2.66. The molecule has 0 fully saturated rings. The number of hydrogen-bond donors (Lipinski definition) is 0. The highest BCUT2D eigenvalue weighted by atomic mass is 14.8. The third-order valence-electron chi connectivity index (χ3n) is 4.82. The molecule has 2 heteroatoms. The molecule has 0 N–H and O–H groups in total. The van der Waals surface area contributed by atoms with Gasteiger partial charge in [-0.2, -0.15) is 0 Å². The Morgan fingerprint density at radius 2 is 1.21 bits per heavy atom. The fourth-order valence-corrected chi connectivity index (χ4v) is 3.69. The Bertz CT molecular complexity index is 1230. The molecule has 0 saturated carbocycles. The van der Waals surface area contributed by atoms with Crippen molar-refractivity contribution in [3.63, 3.8) is 0 Å². The lowest BCUT2D eigenvalue weighted by atomic mass is 9.90. The van der Waals surface area contributed by atoms with Crippen molar-refractivity contribution in [2.24, 2.45) is 0 Å². The molecule has 0 heterocycles. The molecule has 0 aliphatic carbocycles. The second-order valence-corrected chi connectivity index (χ2v) is 6.12. The van der Waals surface area contributed by atoms with Crippen LogP contribution in [0.4, 0.5) is 5.69 Å². The van der Waals surface area contributed by atoms with Crippen LogP contribution < -0.4 is 0 Å². The van der Waals surface area contributed by atoms with Gasteiger partial charge in [0.2, 0.25) is 5.39 Å². The molecular formula is C22H13N2+. The predicted octanol–water partition coefficient (Wildman–Crippen LogP) is 6.74. The van der Waals surface area contributed by atoms with Crippen LogP contribution >= 0.6 is 0 Å². The molecular weight excluding hydrogens is 292 g/mol. The number of diazo groups is 1. The quantitative estimate of drug-likeness (QED) is 0.249. The highest BCUT2D eigenvalue weighted by molar-refractivity contribution is 6.25. The zero-order valence-electron chi connectivity index (χ0n) is 12.9. The van der Waals surface area contributed by atoms with Crippen molar-refractivity contribution >= 4 is 38.0 Å². The fraction of sp³-hybridized carbons (Fsp3) is 0. The molecule has 5 aromatic rings. The first kappa shape index (κ1) is 13.0. The summed E-state index contributed by atoms with van der Waals surface area (Å²) in [5.41, 5.74) is 2.89. The van der Waals surface area contributed by atoms with E-state index in [2.05, 4.69) is 59.6 Å². The minimum atomic E-state index is 0.566. The van der Waals surface area contributed by atoms with Gasteiger partial charge in [0, 0.05) is 12.1 Å². The maximum atomic E-state index is 8.88. The van der Waals surface area contributed by atoms with Crippen LogP contribution in [-0.4, -0.2) is 0 Å². The SMILES string of the molecule is N#[N+]c1ccc(-c2ccc3ccc4cccc5ccc2c3c45)cc1. The Balaban J connectivity index is 1.91. The van der Waals surface area contributed by atoms with E-state index in [0.717, 1.165) is 5.56 Å². The van der Waals surface area contributed by atoms with Crippen molar-refractivity contribution in [2.75, 3.05) is 0 Å². The van der Waals surface area contributed by atoms with Gasteiger partial charge in [-0.05, 0) is 55.6 Å². The van der Waals surface area contributed by atoms with E-state index in [0.29, 0.717) is 5.69 Å². The molecule has 0 radical (unpaired) electrons. The van der Waals surface area contributed by atoms with E-state index < -0.39 is 0 Å². The van der Waals surface area contributed by atoms with Gasteiger partial charge in [0.1, 0.15) is 0 Å². The standard InChI is InChI=1S/C22H13N2/c23-24-18-10-6-14(7-11-18)19-12-8-17-5-4-15-2-1-3-16-9-13-20(19)22(17)21(15)16/h1-13H/q+1. The lowest BCUT2D eigenvalue weighted by Gasteiger charge is -2.13. The van der Waals surface area contributed by atoms with Crippen LogP contribution in [0.25, 0.3) is 48.4 Å². The number of rotatable bonds is 1. The Kier molecular flexibility index (Phi) is 2.60. The summed E-state index contributed by atoms with van der Waals surface area (Å²) in [5, 5.41) is 16.6. The maximum Gasteiger partial charge on any atom is 0.385 e. The van der Waals surface area contributed by atoms with Gasteiger partial charge in [0.05, 0.1) is 0 Å². The summed E-state index contributed by atoms with van der Waals surface area (Å²) >= 11 is 0. The molecule has 110 valence electrons. The maximum absolute atomic E-state index is 8.88. The largest absolute Gasteiger partial charge is 0.385 e. The van der Waals surface area contributed by atoms with E-state index in [1.165, 1.54) is 37.9 Å². The monoisotopic (exact) mass is 305 g/mol. The Hall–Kier alpha value is -3.44. The predicted molar refractivity (Wildman–Crippen MR) is 100 cm³/mol. The van der Waals surface area contributed by atoms with Gasteiger partial charge in [-0.15, -0.1) is 0 Å². The highest BCUT2D eigenvalue weighted by Gasteiger charge is 2.12. The molecule has 0 bridgehead atoms. The van der Waals surface area contributed by atoms with Crippen molar-refractivity contribution in [3.05, 3.63) is 83.8 Å².